The average molecular weight is 423 g/mol. The van der Waals surface area contributed by atoms with Crippen molar-refractivity contribution in [3.63, 3.8) is 0 Å². The van der Waals surface area contributed by atoms with E-state index in [4.69, 9.17) is 4.74 Å². The van der Waals surface area contributed by atoms with E-state index in [1.807, 2.05) is 6.92 Å². The Morgan fingerprint density at radius 1 is 1.14 bits per heavy atom. The van der Waals surface area contributed by atoms with E-state index in [0.29, 0.717) is 37.4 Å². The van der Waals surface area contributed by atoms with Crippen LogP contribution in [-0.2, 0) is 21.2 Å². The van der Waals surface area contributed by atoms with Crippen molar-refractivity contribution >= 4 is 21.6 Å². The van der Waals surface area contributed by atoms with Gasteiger partial charge in [0.2, 0.25) is 15.9 Å². The maximum Gasteiger partial charge on any atom is 0.243 e. The van der Waals surface area contributed by atoms with Crippen molar-refractivity contribution < 1.29 is 22.3 Å². The molecule has 0 spiro atoms. The van der Waals surface area contributed by atoms with Crippen LogP contribution in [-0.4, -0.2) is 39.8 Å². The zero-order valence-electron chi connectivity index (χ0n) is 16.9. The summed E-state index contributed by atoms with van der Waals surface area (Å²) in [7, 11) is -3.67. The number of nitrogens with zero attached hydrogens (tertiary/aromatic N) is 1. The third kappa shape index (κ3) is 6.74. The van der Waals surface area contributed by atoms with E-state index in [1.165, 1.54) is 12.1 Å². The number of ether oxygens (including phenoxy) is 1. The Bertz CT molecular complexity index is 899. The van der Waals surface area contributed by atoms with E-state index in [0.717, 1.165) is 16.1 Å². The molecule has 1 atom stereocenters. The molecule has 0 saturated carbocycles. The van der Waals surface area contributed by atoms with E-state index in [2.05, 4.69) is 5.32 Å². The van der Waals surface area contributed by atoms with Gasteiger partial charge in [0.1, 0.15) is 17.6 Å². The molecule has 0 aliphatic carbocycles. The molecule has 0 aromatic heterocycles. The van der Waals surface area contributed by atoms with Gasteiger partial charge in [0.15, 0.2) is 0 Å². The third-order valence-corrected chi connectivity index (χ3v) is 5.59. The lowest BCUT2D eigenvalue weighted by molar-refractivity contribution is -0.121. The van der Waals surface area contributed by atoms with Gasteiger partial charge < -0.3 is 10.1 Å². The molecule has 1 N–H and O–H groups in total. The minimum absolute atomic E-state index is 0.286. The highest BCUT2D eigenvalue weighted by Crippen LogP contribution is 2.24. The van der Waals surface area contributed by atoms with E-state index in [1.54, 1.807) is 43.3 Å². The van der Waals surface area contributed by atoms with Crippen LogP contribution in [0.15, 0.2) is 48.5 Å². The summed E-state index contributed by atoms with van der Waals surface area (Å²) >= 11 is 0. The molecule has 0 saturated heterocycles. The number of amides is 1. The van der Waals surface area contributed by atoms with Gasteiger partial charge in [-0.25, -0.2) is 12.8 Å². The molecule has 1 amide bonds. The molecule has 0 bridgehead atoms. The molecule has 158 valence electrons. The second-order valence-corrected chi connectivity index (χ2v) is 8.54. The van der Waals surface area contributed by atoms with Gasteiger partial charge in [0, 0.05) is 6.54 Å². The van der Waals surface area contributed by atoms with E-state index in [9.17, 15) is 17.6 Å². The van der Waals surface area contributed by atoms with Crippen molar-refractivity contribution in [2.45, 2.75) is 32.7 Å². The summed E-state index contributed by atoms with van der Waals surface area (Å²) in [6.07, 6.45) is 2.41. The zero-order chi connectivity index (χ0) is 21.4. The lowest BCUT2D eigenvalue weighted by Crippen LogP contribution is -2.48. The second kappa shape index (κ2) is 10.2. The molecular formula is C21H27FN2O4S. The predicted octanol–water partition coefficient (Wildman–Crippen LogP) is 3.13. The van der Waals surface area contributed by atoms with Crippen molar-refractivity contribution in [2.75, 3.05) is 23.7 Å². The Balaban J connectivity index is 1.98. The molecule has 0 radical (unpaired) electrons. The number of hydrogen-bond acceptors (Lipinski definition) is 4. The first-order valence-electron chi connectivity index (χ1n) is 9.46. The van der Waals surface area contributed by atoms with Crippen LogP contribution >= 0.6 is 0 Å². The molecule has 0 heterocycles. The van der Waals surface area contributed by atoms with Crippen LogP contribution in [0.1, 0.15) is 25.8 Å². The number of sulfonamides is 1. The number of rotatable bonds is 10. The lowest BCUT2D eigenvalue weighted by Gasteiger charge is -2.28. The normalized spacial score (nSPS) is 12.3. The molecule has 2 aromatic rings. The molecule has 29 heavy (non-hydrogen) atoms. The average Bonchev–Trinajstić information content (AvgIpc) is 2.67. The fraction of sp³-hybridized carbons (Fsp3) is 0.381. The highest BCUT2D eigenvalue weighted by Gasteiger charge is 2.28. The summed E-state index contributed by atoms with van der Waals surface area (Å²) in [5.41, 5.74) is 1.37. The molecule has 0 unspecified atom stereocenters. The Labute approximate surface area is 171 Å². The molecule has 0 aliphatic rings. The van der Waals surface area contributed by atoms with Gasteiger partial charge in [0.25, 0.3) is 0 Å². The summed E-state index contributed by atoms with van der Waals surface area (Å²) in [5, 5.41) is 2.77. The number of anilines is 1. The van der Waals surface area contributed by atoms with Crippen LogP contribution in [0.2, 0.25) is 0 Å². The molecule has 8 heteroatoms. The highest BCUT2D eigenvalue weighted by molar-refractivity contribution is 7.92. The van der Waals surface area contributed by atoms with Crippen LogP contribution in [0.4, 0.5) is 10.1 Å². The minimum atomic E-state index is -3.67. The summed E-state index contributed by atoms with van der Waals surface area (Å²) in [6, 6.07) is 11.9. The van der Waals surface area contributed by atoms with Crippen LogP contribution in [0.25, 0.3) is 0 Å². The fourth-order valence-electron chi connectivity index (χ4n) is 2.97. The van der Waals surface area contributed by atoms with Crippen LogP contribution < -0.4 is 14.4 Å². The number of halogens is 1. The van der Waals surface area contributed by atoms with Crippen molar-refractivity contribution in [1.82, 2.24) is 5.32 Å². The monoisotopic (exact) mass is 422 g/mol. The summed E-state index contributed by atoms with van der Waals surface area (Å²) in [6.45, 7) is 4.30. The summed E-state index contributed by atoms with van der Waals surface area (Å²) in [5.74, 6) is -0.0444. The number of aryl methyl sites for hydroxylation is 1. The standard InChI is InChI=1S/C21H27FN2O4S/c1-4-28-20-13-11-19(12-14-20)24(29(3,26)27)16(2)21(25)23-15-5-6-17-7-9-18(22)10-8-17/h7-14,16H,4-6,15H2,1-3H3,(H,23,25)/t16-/m1/s1. The van der Waals surface area contributed by atoms with Gasteiger partial charge in [-0.15, -0.1) is 0 Å². The number of carbonyl (C=O) groups excluding carboxylic acids is 1. The van der Waals surface area contributed by atoms with E-state index >= 15 is 0 Å². The summed E-state index contributed by atoms with van der Waals surface area (Å²) in [4.78, 5) is 12.5. The largest absolute Gasteiger partial charge is 0.494 e. The molecule has 0 aliphatic heterocycles. The van der Waals surface area contributed by atoms with Gasteiger partial charge >= 0.3 is 0 Å². The van der Waals surface area contributed by atoms with Gasteiger partial charge in [0.05, 0.1) is 18.6 Å². The number of nitrogens with one attached hydrogen (secondary N) is 1. The van der Waals surface area contributed by atoms with Crippen molar-refractivity contribution in [3.8, 4) is 5.75 Å². The van der Waals surface area contributed by atoms with Gasteiger partial charge in [-0.3, -0.25) is 9.10 Å². The van der Waals surface area contributed by atoms with Gasteiger partial charge in [-0.1, -0.05) is 12.1 Å². The Hall–Kier alpha value is -2.61. The topological polar surface area (TPSA) is 75.7 Å². The maximum absolute atomic E-state index is 12.9. The van der Waals surface area contributed by atoms with E-state index in [-0.39, 0.29) is 11.7 Å². The van der Waals surface area contributed by atoms with Crippen molar-refractivity contribution in [2.24, 2.45) is 0 Å². The highest BCUT2D eigenvalue weighted by atomic mass is 32.2. The number of benzene rings is 2. The first-order valence-corrected chi connectivity index (χ1v) is 11.3. The number of hydrogen-bond donors (Lipinski definition) is 1. The maximum atomic E-state index is 12.9. The first-order chi connectivity index (χ1) is 13.7. The lowest BCUT2D eigenvalue weighted by atomic mass is 10.1. The SMILES string of the molecule is CCOc1ccc(N([C@H](C)C(=O)NCCCc2ccc(F)cc2)S(C)(=O)=O)cc1. The first kappa shape index (κ1) is 22.7. The quantitative estimate of drug-likeness (QED) is 0.597. The predicted molar refractivity (Wildman–Crippen MR) is 112 cm³/mol. The molecule has 6 nitrogen and oxygen atoms in total. The van der Waals surface area contributed by atoms with Crippen LogP contribution in [0, 0.1) is 5.82 Å². The Morgan fingerprint density at radius 3 is 2.31 bits per heavy atom. The summed E-state index contributed by atoms with van der Waals surface area (Å²) < 4.78 is 44.0. The minimum Gasteiger partial charge on any atom is -0.494 e. The Kier molecular flexibility index (Phi) is 8.01. The molecular weight excluding hydrogens is 395 g/mol. The fourth-order valence-corrected chi connectivity index (χ4v) is 4.14. The smallest absolute Gasteiger partial charge is 0.243 e. The molecule has 2 rings (SSSR count). The molecule has 0 fully saturated rings. The van der Waals surface area contributed by atoms with Crippen LogP contribution in [0.5, 0.6) is 5.75 Å². The number of carbonyl (C=O) groups is 1. The third-order valence-electron chi connectivity index (χ3n) is 4.35. The van der Waals surface area contributed by atoms with Crippen LogP contribution in [0.3, 0.4) is 0 Å². The van der Waals surface area contributed by atoms with Crippen molar-refractivity contribution in [3.05, 3.63) is 59.9 Å². The van der Waals surface area contributed by atoms with Gasteiger partial charge in [-0.2, -0.15) is 0 Å². The van der Waals surface area contributed by atoms with Crippen molar-refractivity contribution in [1.29, 1.82) is 0 Å². The Morgan fingerprint density at radius 2 is 1.76 bits per heavy atom. The second-order valence-electron chi connectivity index (χ2n) is 6.68. The zero-order valence-corrected chi connectivity index (χ0v) is 17.7. The van der Waals surface area contributed by atoms with E-state index < -0.39 is 16.1 Å². The van der Waals surface area contributed by atoms with Gasteiger partial charge in [-0.05, 0) is 68.7 Å². The molecule has 2 aromatic carbocycles.